The number of aromatic amines is 1. The molecule has 4 aromatic rings. The Morgan fingerprint density at radius 3 is 2.44 bits per heavy atom. The first kappa shape index (κ1) is 21.1. The van der Waals surface area contributed by atoms with Crippen LogP contribution in [0.15, 0.2) is 72.8 Å². The molecular weight excluding hydrogens is 436 g/mol. The van der Waals surface area contributed by atoms with Crippen molar-refractivity contribution in [1.29, 1.82) is 0 Å². The van der Waals surface area contributed by atoms with Crippen LogP contribution in [-0.2, 0) is 0 Å². The van der Waals surface area contributed by atoms with Crippen molar-refractivity contribution < 1.29 is 19.6 Å². The molecule has 168 valence electrons. The lowest BCUT2D eigenvalue weighted by Crippen LogP contribution is -2.29. The second kappa shape index (κ2) is 7.96. The van der Waals surface area contributed by atoms with E-state index in [0.717, 1.165) is 11.1 Å². The summed E-state index contributed by atoms with van der Waals surface area (Å²) < 4.78 is 0. The first-order valence-corrected chi connectivity index (χ1v) is 10.4. The maximum atomic E-state index is 13.5. The number of amides is 1. The molecule has 1 aliphatic heterocycles. The van der Waals surface area contributed by atoms with Crippen LogP contribution in [-0.4, -0.2) is 32.1 Å². The Kier molecular flexibility index (Phi) is 4.94. The van der Waals surface area contributed by atoms with Crippen molar-refractivity contribution in [3.63, 3.8) is 0 Å². The number of carbonyl (C=O) groups excluding carboxylic acids is 1. The third kappa shape index (κ3) is 3.39. The first-order valence-electron chi connectivity index (χ1n) is 10.4. The standard InChI is InChI=1S/C25H18N4O5/c1-14-5-7-15(8-6-14)21-20-22(27-26-21)24(30)28(18-11-9-16(10-12-18)25(31)32)23(20)17-3-2-4-19(13-17)29(33)34/h2-13,23H,1H3,(H,26,27)(H,31,32). The lowest BCUT2D eigenvalue weighted by atomic mass is 9.95. The van der Waals surface area contributed by atoms with Gasteiger partial charge in [-0.2, -0.15) is 5.10 Å². The number of rotatable bonds is 5. The predicted octanol–water partition coefficient (Wildman–Crippen LogP) is 4.74. The number of benzene rings is 3. The van der Waals surface area contributed by atoms with Crippen LogP contribution < -0.4 is 4.90 Å². The normalized spacial score (nSPS) is 14.8. The van der Waals surface area contributed by atoms with Crippen molar-refractivity contribution in [3.8, 4) is 11.3 Å². The number of hydrogen-bond acceptors (Lipinski definition) is 5. The number of non-ortho nitro benzene ring substituents is 1. The Morgan fingerprint density at radius 2 is 1.79 bits per heavy atom. The van der Waals surface area contributed by atoms with Crippen LogP contribution in [0.5, 0.6) is 0 Å². The van der Waals surface area contributed by atoms with Gasteiger partial charge in [-0.05, 0) is 36.8 Å². The van der Waals surface area contributed by atoms with Gasteiger partial charge in [-0.15, -0.1) is 0 Å². The summed E-state index contributed by atoms with van der Waals surface area (Å²) in [6, 6.07) is 19.1. The van der Waals surface area contributed by atoms with E-state index in [1.165, 1.54) is 29.2 Å². The number of anilines is 1. The number of aromatic nitrogens is 2. The van der Waals surface area contributed by atoms with Gasteiger partial charge in [-0.25, -0.2) is 4.79 Å². The van der Waals surface area contributed by atoms with Gasteiger partial charge in [0.25, 0.3) is 11.6 Å². The highest BCUT2D eigenvalue weighted by Crippen LogP contribution is 2.45. The van der Waals surface area contributed by atoms with E-state index in [2.05, 4.69) is 10.2 Å². The van der Waals surface area contributed by atoms with Gasteiger partial charge in [-0.3, -0.25) is 24.9 Å². The average molecular weight is 454 g/mol. The summed E-state index contributed by atoms with van der Waals surface area (Å²) in [6.07, 6.45) is 0. The number of carboxylic acids is 1. The van der Waals surface area contributed by atoms with Crippen LogP contribution in [0.1, 0.15) is 43.6 Å². The Bertz CT molecular complexity index is 1440. The molecule has 0 saturated carbocycles. The van der Waals surface area contributed by atoms with Crippen molar-refractivity contribution >= 4 is 23.3 Å². The second-order valence-corrected chi connectivity index (χ2v) is 8.01. The first-order chi connectivity index (χ1) is 16.3. The number of fused-ring (bicyclic) bond motifs is 1. The summed E-state index contributed by atoms with van der Waals surface area (Å²) in [5, 5.41) is 27.9. The maximum absolute atomic E-state index is 13.5. The molecule has 0 radical (unpaired) electrons. The molecule has 9 heteroatoms. The minimum Gasteiger partial charge on any atom is -0.478 e. The Morgan fingerprint density at radius 1 is 1.09 bits per heavy atom. The van der Waals surface area contributed by atoms with E-state index in [-0.39, 0.29) is 22.9 Å². The van der Waals surface area contributed by atoms with Gasteiger partial charge in [0, 0.05) is 28.9 Å². The van der Waals surface area contributed by atoms with E-state index in [0.29, 0.717) is 22.5 Å². The zero-order chi connectivity index (χ0) is 24.0. The molecule has 0 spiro atoms. The fraction of sp³-hybridized carbons (Fsp3) is 0.0800. The predicted molar refractivity (Wildman–Crippen MR) is 124 cm³/mol. The zero-order valence-electron chi connectivity index (χ0n) is 17.9. The van der Waals surface area contributed by atoms with E-state index >= 15 is 0 Å². The number of nitrogens with one attached hydrogen (secondary N) is 1. The molecule has 2 N–H and O–H groups in total. The monoisotopic (exact) mass is 454 g/mol. The lowest BCUT2D eigenvalue weighted by Gasteiger charge is -2.26. The molecule has 1 aliphatic rings. The highest BCUT2D eigenvalue weighted by atomic mass is 16.6. The third-order valence-electron chi connectivity index (χ3n) is 5.88. The molecule has 5 rings (SSSR count). The molecule has 3 aromatic carbocycles. The minimum atomic E-state index is -1.08. The number of H-pyrrole nitrogens is 1. The number of aryl methyl sites for hydroxylation is 1. The molecule has 1 amide bonds. The number of carboxylic acid groups (broad SMARTS) is 1. The van der Waals surface area contributed by atoms with Crippen molar-refractivity contribution in [3.05, 3.63) is 111 Å². The van der Waals surface area contributed by atoms with Gasteiger partial charge in [-0.1, -0.05) is 42.0 Å². The summed E-state index contributed by atoms with van der Waals surface area (Å²) in [4.78, 5) is 37.3. The van der Waals surface area contributed by atoms with Crippen molar-refractivity contribution in [2.24, 2.45) is 0 Å². The molecule has 0 fully saturated rings. The molecule has 2 heterocycles. The minimum absolute atomic E-state index is 0.0860. The number of carbonyl (C=O) groups is 2. The topological polar surface area (TPSA) is 129 Å². The fourth-order valence-electron chi connectivity index (χ4n) is 4.23. The average Bonchev–Trinajstić information content (AvgIpc) is 3.38. The van der Waals surface area contributed by atoms with Crippen LogP contribution in [0.2, 0.25) is 0 Å². The Balaban J connectivity index is 1.71. The molecule has 0 bridgehead atoms. The zero-order valence-corrected chi connectivity index (χ0v) is 17.9. The SMILES string of the molecule is Cc1ccc(-c2n[nH]c3c2C(c2cccc([N+](=O)[O-])c2)N(c2ccc(C(=O)O)cc2)C3=O)cc1. The third-order valence-corrected chi connectivity index (χ3v) is 5.88. The van der Waals surface area contributed by atoms with Gasteiger partial charge < -0.3 is 5.11 Å². The van der Waals surface area contributed by atoms with Gasteiger partial charge in [0.05, 0.1) is 22.2 Å². The summed E-state index contributed by atoms with van der Waals surface area (Å²) in [5.41, 5.74) is 4.33. The molecule has 1 unspecified atom stereocenters. The van der Waals surface area contributed by atoms with E-state index in [1.807, 2.05) is 31.2 Å². The van der Waals surface area contributed by atoms with E-state index < -0.39 is 16.9 Å². The molecule has 0 saturated heterocycles. The maximum Gasteiger partial charge on any atom is 0.335 e. The second-order valence-electron chi connectivity index (χ2n) is 8.01. The number of nitro benzene ring substituents is 1. The van der Waals surface area contributed by atoms with Crippen LogP contribution in [0.25, 0.3) is 11.3 Å². The van der Waals surface area contributed by atoms with Crippen molar-refractivity contribution in [2.75, 3.05) is 4.90 Å². The fourth-order valence-corrected chi connectivity index (χ4v) is 4.23. The van der Waals surface area contributed by atoms with Crippen LogP contribution in [0, 0.1) is 17.0 Å². The highest BCUT2D eigenvalue weighted by molar-refractivity contribution is 6.12. The van der Waals surface area contributed by atoms with E-state index in [1.54, 1.807) is 24.3 Å². The van der Waals surface area contributed by atoms with Gasteiger partial charge in [0.1, 0.15) is 5.69 Å². The number of nitro groups is 1. The lowest BCUT2D eigenvalue weighted by molar-refractivity contribution is -0.384. The summed E-state index contributed by atoms with van der Waals surface area (Å²) in [6.45, 7) is 1.97. The van der Waals surface area contributed by atoms with Crippen LogP contribution in [0.3, 0.4) is 0 Å². The molecule has 1 atom stereocenters. The van der Waals surface area contributed by atoms with Crippen LogP contribution >= 0.6 is 0 Å². The number of nitrogens with zero attached hydrogens (tertiary/aromatic N) is 3. The van der Waals surface area contributed by atoms with Gasteiger partial charge >= 0.3 is 5.97 Å². The van der Waals surface area contributed by atoms with E-state index in [9.17, 15) is 24.8 Å². The summed E-state index contributed by atoms with van der Waals surface area (Å²) in [7, 11) is 0. The quantitative estimate of drug-likeness (QED) is 0.331. The molecular formula is C25H18N4O5. The smallest absolute Gasteiger partial charge is 0.335 e. The number of aromatic carboxylic acids is 1. The van der Waals surface area contributed by atoms with Crippen molar-refractivity contribution in [2.45, 2.75) is 13.0 Å². The molecule has 9 nitrogen and oxygen atoms in total. The van der Waals surface area contributed by atoms with Gasteiger partial charge in [0.15, 0.2) is 0 Å². The van der Waals surface area contributed by atoms with Gasteiger partial charge in [0.2, 0.25) is 0 Å². The largest absolute Gasteiger partial charge is 0.478 e. The Hall–Kier alpha value is -4.79. The molecule has 34 heavy (non-hydrogen) atoms. The molecule has 1 aromatic heterocycles. The summed E-state index contributed by atoms with van der Waals surface area (Å²) in [5.74, 6) is -1.44. The Labute approximate surface area is 193 Å². The van der Waals surface area contributed by atoms with Crippen molar-refractivity contribution in [1.82, 2.24) is 10.2 Å². The number of hydrogen-bond donors (Lipinski definition) is 2. The molecule has 0 aliphatic carbocycles. The van der Waals surface area contributed by atoms with E-state index in [4.69, 9.17) is 0 Å². The highest BCUT2D eigenvalue weighted by Gasteiger charge is 2.43. The summed E-state index contributed by atoms with van der Waals surface area (Å²) >= 11 is 0. The van der Waals surface area contributed by atoms with Crippen LogP contribution in [0.4, 0.5) is 11.4 Å².